The first-order valence-electron chi connectivity index (χ1n) is 11.6. The summed E-state index contributed by atoms with van der Waals surface area (Å²) in [7, 11) is 0. The van der Waals surface area contributed by atoms with E-state index in [9.17, 15) is 4.79 Å². The van der Waals surface area contributed by atoms with E-state index in [0.717, 1.165) is 65.3 Å². The van der Waals surface area contributed by atoms with Crippen molar-refractivity contribution in [2.75, 3.05) is 18.0 Å². The van der Waals surface area contributed by atoms with Gasteiger partial charge in [0, 0.05) is 31.0 Å². The fraction of sp³-hybridized carbons (Fsp3) is 0.296. The molecule has 0 atom stereocenters. The van der Waals surface area contributed by atoms with E-state index in [2.05, 4.69) is 47.7 Å². The van der Waals surface area contributed by atoms with Gasteiger partial charge in [-0.3, -0.25) is 9.36 Å². The van der Waals surface area contributed by atoms with E-state index >= 15 is 0 Å². The maximum atomic E-state index is 13.2. The molecular formula is C27H29N5O. The van der Waals surface area contributed by atoms with Crippen molar-refractivity contribution in [1.82, 2.24) is 19.9 Å². The highest BCUT2D eigenvalue weighted by atomic mass is 16.2. The molecule has 1 aliphatic rings. The molecule has 0 saturated carbocycles. The number of benzene rings is 2. The Morgan fingerprint density at radius 3 is 2.33 bits per heavy atom. The van der Waals surface area contributed by atoms with Crippen molar-refractivity contribution in [3.8, 4) is 5.69 Å². The Morgan fingerprint density at radius 2 is 1.64 bits per heavy atom. The van der Waals surface area contributed by atoms with E-state index < -0.39 is 0 Å². The zero-order chi connectivity index (χ0) is 22.9. The van der Waals surface area contributed by atoms with Gasteiger partial charge in [0.05, 0.1) is 5.39 Å². The second-order valence-corrected chi connectivity index (χ2v) is 8.81. The van der Waals surface area contributed by atoms with Gasteiger partial charge >= 0.3 is 0 Å². The molecule has 3 heterocycles. The van der Waals surface area contributed by atoms with Crippen LogP contribution in [0, 0.1) is 20.8 Å². The summed E-state index contributed by atoms with van der Waals surface area (Å²) in [6, 6.07) is 18.3. The number of hydrogen-bond donors (Lipinski definition) is 1. The molecule has 168 valence electrons. The third-order valence-corrected chi connectivity index (χ3v) is 6.53. The van der Waals surface area contributed by atoms with Crippen LogP contribution in [0.1, 0.15) is 45.8 Å². The highest BCUT2D eigenvalue weighted by Crippen LogP contribution is 2.34. The molecule has 0 unspecified atom stereocenters. The van der Waals surface area contributed by atoms with Gasteiger partial charge in [-0.05, 0) is 56.9 Å². The normalized spacial score (nSPS) is 13.6. The number of amides is 1. The number of carbonyl (C=O) groups is 1. The quantitative estimate of drug-likeness (QED) is 0.482. The zero-order valence-electron chi connectivity index (χ0n) is 19.4. The van der Waals surface area contributed by atoms with E-state index in [1.807, 2.05) is 42.5 Å². The van der Waals surface area contributed by atoms with E-state index in [4.69, 9.17) is 9.97 Å². The van der Waals surface area contributed by atoms with Crippen LogP contribution >= 0.6 is 0 Å². The van der Waals surface area contributed by atoms with Gasteiger partial charge in [-0.2, -0.15) is 0 Å². The van der Waals surface area contributed by atoms with Crippen molar-refractivity contribution in [3.63, 3.8) is 0 Å². The van der Waals surface area contributed by atoms with Gasteiger partial charge < -0.3 is 10.2 Å². The number of para-hydroxylation sites is 1. The highest BCUT2D eigenvalue weighted by Gasteiger charge is 2.26. The molecule has 5 rings (SSSR count). The smallest absolute Gasteiger partial charge is 0.289 e. The lowest BCUT2D eigenvalue weighted by atomic mass is 10.1. The summed E-state index contributed by atoms with van der Waals surface area (Å²) >= 11 is 0. The van der Waals surface area contributed by atoms with E-state index in [1.165, 1.54) is 5.56 Å². The number of carbonyl (C=O) groups excluding carboxylic acids is 1. The number of rotatable bonds is 5. The summed E-state index contributed by atoms with van der Waals surface area (Å²) in [6.45, 7) is 8.62. The predicted octanol–water partition coefficient (Wildman–Crippen LogP) is 4.88. The molecule has 0 spiro atoms. The van der Waals surface area contributed by atoms with Crippen LogP contribution < -0.4 is 10.2 Å². The average Bonchev–Trinajstić information content (AvgIpc) is 3.46. The number of nitrogens with one attached hydrogen (secondary N) is 1. The summed E-state index contributed by atoms with van der Waals surface area (Å²) < 4.78 is 2.14. The van der Waals surface area contributed by atoms with Crippen molar-refractivity contribution >= 4 is 22.8 Å². The van der Waals surface area contributed by atoms with Crippen LogP contribution in [0.3, 0.4) is 0 Å². The third-order valence-electron chi connectivity index (χ3n) is 6.53. The van der Waals surface area contributed by atoms with Gasteiger partial charge in [-0.1, -0.05) is 48.0 Å². The van der Waals surface area contributed by atoms with Crippen molar-refractivity contribution in [2.24, 2.45) is 0 Å². The summed E-state index contributed by atoms with van der Waals surface area (Å²) in [5, 5.41) is 4.04. The van der Waals surface area contributed by atoms with Crippen molar-refractivity contribution in [2.45, 2.75) is 40.2 Å². The van der Waals surface area contributed by atoms with Crippen LogP contribution in [0.5, 0.6) is 0 Å². The van der Waals surface area contributed by atoms with Crippen LogP contribution in [0.2, 0.25) is 0 Å². The Bertz CT molecular complexity index is 1300. The molecule has 1 saturated heterocycles. The summed E-state index contributed by atoms with van der Waals surface area (Å²) in [5.74, 6) is 0.827. The van der Waals surface area contributed by atoms with Crippen LogP contribution in [-0.4, -0.2) is 33.5 Å². The van der Waals surface area contributed by atoms with Crippen LogP contribution in [0.25, 0.3) is 16.7 Å². The molecule has 0 bridgehead atoms. The highest BCUT2D eigenvalue weighted by molar-refractivity contribution is 5.98. The minimum atomic E-state index is -0.256. The summed E-state index contributed by atoms with van der Waals surface area (Å²) in [6.07, 6.45) is 2.27. The number of aromatic nitrogens is 3. The molecule has 1 amide bonds. The lowest BCUT2D eigenvalue weighted by Gasteiger charge is -2.19. The minimum absolute atomic E-state index is 0.214. The minimum Gasteiger partial charge on any atom is -0.356 e. The summed E-state index contributed by atoms with van der Waals surface area (Å²) in [5.41, 5.74) is 6.33. The second kappa shape index (κ2) is 8.70. The van der Waals surface area contributed by atoms with Crippen LogP contribution in [-0.2, 0) is 6.54 Å². The first kappa shape index (κ1) is 21.2. The van der Waals surface area contributed by atoms with Gasteiger partial charge in [0.25, 0.3) is 5.91 Å². The van der Waals surface area contributed by atoms with Crippen molar-refractivity contribution in [1.29, 1.82) is 0 Å². The summed E-state index contributed by atoms with van der Waals surface area (Å²) in [4.78, 5) is 25.1. The molecule has 0 aliphatic carbocycles. The average molecular weight is 440 g/mol. The van der Waals surface area contributed by atoms with Gasteiger partial charge in [0.2, 0.25) is 5.82 Å². The Hall–Kier alpha value is -3.67. The van der Waals surface area contributed by atoms with Crippen LogP contribution in [0.15, 0.2) is 54.6 Å². The monoisotopic (exact) mass is 439 g/mol. The fourth-order valence-corrected chi connectivity index (χ4v) is 4.56. The molecule has 0 radical (unpaired) electrons. The second-order valence-electron chi connectivity index (χ2n) is 8.81. The molecule has 1 N–H and O–H groups in total. The molecule has 2 aromatic heterocycles. The van der Waals surface area contributed by atoms with Gasteiger partial charge in [0.15, 0.2) is 5.65 Å². The molecule has 2 aromatic carbocycles. The zero-order valence-corrected chi connectivity index (χ0v) is 19.4. The molecule has 6 heteroatoms. The molecular weight excluding hydrogens is 410 g/mol. The number of hydrogen-bond acceptors (Lipinski definition) is 4. The van der Waals surface area contributed by atoms with Gasteiger partial charge in [0.1, 0.15) is 5.82 Å². The molecule has 1 aliphatic heterocycles. The molecule has 4 aromatic rings. The predicted molar refractivity (Wildman–Crippen MR) is 132 cm³/mol. The number of aryl methyl sites for hydroxylation is 2. The lowest BCUT2D eigenvalue weighted by Crippen LogP contribution is -2.27. The SMILES string of the molecule is Cc1ccc(CNC(=O)c2nc(N3CCCC3)c3c(C)c(C)n(-c4ccccc4)c3n2)cc1. The molecule has 6 nitrogen and oxygen atoms in total. The lowest BCUT2D eigenvalue weighted by molar-refractivity contribution is 0.0941. The topological polar surface area (TPSA) is 63.1 Å². The van der Waals surface area contributed by atoms with E-state index in [1.54, 1.807) is 0 Å². The van der Waals surface area contributed by atoms with E-state index in [0.29, 0.717) is 6.54 Å². The molecule has 33 heavy (non-hydrogen) atoms. The van der Waals surface area contributed by atoms with Crippen LogP contribution in [0.4, 0.5) is 5.82 Å². The van der Waals surface area contributed by atoms with Crippen molar-refractivity contribution < 1.29 is 4.79 Å². The number of nitrogens with zero attached hydrogens (tertiary/aromatic N) is 4. The first-order valence-corrected chi connectivity index (χ1v) is 11.6. The maximum absolute atomic E-state index is 13.2. The maximum Gasteiger partial charge on any atom is 0.289 e. The Morgan fingerprint density at radius 1 is 0.939 bits per heavy atom. The van der Waals surface area contributed by atoms with Gasteiger partial charge in [-0.15, -0.1) is 0 Å². The Labute approximate surface area is 194 Å². The Balaban J connectivity index is 1.60. The fourth-order valence-electron chi connectivity index (χ4n) is 4.56. The largest absolute Gasteiger partial charge is 0.356 e. The molecule has 1 fully saturated rings. The van der Waals surface area contributed by atoms with Crippen molar-refractivity contribution in [3.05, 3.63) is 82.8 Å². The first-order chi connectivity index (χ1) is 16.0. The number of fused-ring (bicyclic) bond motifs is 1. The Kier molecular flexibility index (Phi) is 5.58. The van der Waals surface area contributed by atoms with Gasteiger partial charge in [-0.25, -0.2) is 9.97 Å². The number of anilines is 1. The third kappa shape index (κ3) is 3.97. The van der Waals surface area contributed by atoms with E-state index in [-0.39, 0.29) is 11.7 Å². The standard InChI is InChI=1S/C27H29N5O/c1-18-11-13-21(14-12-18)17-28-27(33)24-29-25(31-15-7-8-16-31)23-19(2)20(3)32(26(23)30-24)22-9-5-4-6-10-22/h4-6,9-14H,7-8,15-17H2,1-3H3,(H,28,33).